The van der Waals surface area contributed by atoms with Crippen LogP contribution in [0.15, 0.2) is 0 Å². The minimum absolute atomic E-state index is 0.421. The standard InChI is InChI=1S/C5H4O2S2/c6-1-4(2-8)5(7)3-9/h1-4H. The Kier molecular flexibility index (Phi) is 4.17. The van der Waals surface area contributed by atoms with Crippen molar-refractivity contribution < 1.29 is 9.59 Å². The van der Waals surface area contributed by atoms with Gasteiger partial charge in [-0.05, 0) is 5.37 Å². The van der Waals surface area contributed by atoms with E-state index >= 15 is 0 Å². The first-order valence-corrected chi connectivity index (χ1v) is 3.10. The second kappa shape index (κ2) is 4.40. The maximum Gasteiger partial charge on any atom is 0.181 e. The van der Waals surface area contributed by atoms with Crippen molar-refractivity contribution in [1.29, 1.82) is 0 Å². The summed E-state index contributed by atoms with van der Waals surface area (Å²) >= 11 is 8.66. The van der Waals surface area contributed by atoms with Gasteiger partial charge in [-0.25, -0.2) is 0 Å². The molecule has 0 aliphatic heterocycles. The Balaban J connectivity index is 4.09. The van der Waals surface area contributed by atoms with Crippen molar-refractivity contribution in [3.63, 3.8) is 0 Å². The minimum Gasteiger partial charge on any atom is -0.302 e. The predicted octanol–water partition coefficient (Wildman–Crippen LogP) is 0.370. The summed E-state index contributed by atoms with van der Waals surface area (Å²) in [6, 6.07) is 0. The average molecular weight is 160 g/mol. The number of ketones is 1. The molecule has 0 bridgehead atoms. The summed E-state index contributed by atoms with van der Waals surface area (Å²) in [6.45, 7) is 0. The van der Waals surface area contributed by atoms with Gasteiger partial charge in [0.15, 0.2) is 5.78 Å². The first-order valence-electron chi connectivity index (χ1n) is 2.16. The lowest BCUT2D eigenvalue weighted by Crippen LogP contribution is -2.16. The van der Waals surface area contributed by atoms with Gasteiger partial charge in [-0.2, -0.15) is 0 Å². The molecule has 48 valence electrons. The third-order valence-electron chi connectivity index (χ3n) is 0.738. The van der Waals surface area contributed by atoms with Crippen molar-refractivity contribution in [3.8, 4) is 0 Å². The van der Waals surface area contributed by atoms with Crippen LogP contribution in [0.2, 0.25) is 0 Å². The number of carbonyl (C=O) groups excluding carboxylic acids is 2. The maximum atomic E-state index is 10.5. The lowest BCUT2D eigenvalue weighted by molar-refractivity contribution is -0.119. The van der Waals surface area contributed by atoms with Gasteiger partial charge in [0.05, 0.1) is 0 Å². The van der Waals surface area contributed by atoms with Gasteiger partial charge >= 0.3 is 0 Å². The van der Waals surface area contributed by atoms with Gasteiger partial charge < -0.3 is 4.79 Å². The number of thiocarbonyl (C=S) groups is 2. The minimum atomic E-state index is -0.822. The molecule has 0 amide bonds. The van der Waals surface area contributed by atoms with Crippen LogP contribution in [0.3, 0.4) is 0 Å². The molecule has 0 aliphatic rings. The van der Waals surface area contributed by atoms with Crippen molar-refractivity contribution in [2.24, 2.45) is 5.92 Å². The zero-order valence-corrected chi connectivity index (χ0v) is 6.08. The second-order valence-corrected chi connectivity index (χ2v) is 1.83. The third kappa shape index (κ3) is 2.53. The molecule has 0 radical (unpaired) electrons. The van der Waals surface area contributed by atoms with Crippen LogP contribution in [-0.4, -0.2) is 22.8 Å². The molecule has 0 saturated carbocycles. The summed E-state index contributed by atoms with van der Waals surface area (Å²) in [5.41, 5.74) is 0. The molecule has 0 aliphatic carbocycles. The Morgan fingerprint density at radius 2 is 2.00 bits per heavy atom. The van der Waals surface area contributed by atoms with Crippen LogP contribution in [0.25, 0.3) is 0 Å². The van der Waals surface area contributed by atoms with Gasteiger partial charge in [-0.3, -0.25) is 4.79 Å². The zero-order chi connectivity index (χ0) is 7.28. The molecular weight excluding hydrogens is 156 g/mol. The van der Waals surface area contributed by atoms with Gasteiger partial charge in [0.1, 0.15) is 12.2 Å². The van der Waals surface area contributed by atoms with Gasteiger partial charge in [-0.1, -0.05) is 24.4 Å². The van der Waals surface area contributed by atoms with Crippen molar-refractivity contribution in [3.05, 3.63) is 0 Å². The average Bonchev–Trinajstić information content (AvgIpc) is 1.90. The summed E-state index contributed by atoms with van der Waals surface area (Å²) < 4.78 is 0. The van der Waals surface area contributed by atoms with E-state index in [2.05, 4.69) is 24.4 Å². The Morgan fingerprint density at radius 3 is 2.11 bits per heavy atom. The molecule has 0 spiro atoms. The quantitative estimate of drug-likeness (QED) is 0.338. The summed E-state index contributed by atoms with van der Waals surface area (Å²) in [5.74, 6) is -1.24. The van der Waals surface area contributed by atoms with E-state index in [0.29, 0.717) is 6.29 Å². The Morgan fingerprint density at radius 1 is 1.44 bits per heavy atom. The maximum absolute atomic E-state index is 10.5. The normalized spacial score (nSPS) is 11.6. The smallest absolute Gasteiger partial charge is 0.181 e. The van der Waals surface area contributed by atoms with Gasteiger partial charge in [-0.15, -0.1) is 0 Å². The number of hydrogen-bond acceptors (Lipinski definition) is 4. The van der Waals surface area contributed by atoms with Crippen LogP contribution in [0.4, 0.5) is 0 Å². The molecule has 0 aromatic rings. The molecular formula is C5H4O2S2. The molecule has 2 nitrogen and oxygen atoms in total. The lowest BCUT2D eigenvalue weighted by Gasteiger charge is -1.91. The Labute approximate surface area is 63.2 Å². The monoisotopic (exact) mass is 160 g/mol. The predicted molar refractivity (Wildman–Crippen MR) is 41.9 cm³/mol. The summed E-state index contributed by atoms with van der Waals surface area (Å²) in [5, 5.41) is 2.01. The highest BCUT2D eigenvalue weighted by Gasteiger charge is 2.09. The molecule has 1 unspecified atom stereocenters. The summed E-state index contributed by atoms with van der Waals surface area (Å²) in [4.78, 5) is 20.4. The van der Waals surface area contributed by atoms with Crippen LogP contribution in [0.5, 0.6) is 0 Å². The van der Waals surface area contributed by atoms with E-state index in [1.165, 1.54) is 0 Å². The van der Waals surface area contributed by atoms with Gasteiger partial charge in [0.25, 0.3) is 0 Å². The molecule has 0 fully saturated rings. The van der Waals surface area contributed by atoms with E-state index in [4.69, 9.17) is 0 Å². The Bertz CT molecular complexity index is 145. The molecule has 4 heteroatoms. The van der Waals surface area contributed by atoms with E-state index in [9.17, 15) is 9.59 Å². The SMILES string of the molecule is O=CC(C=S)C(=O)C=S. The summed E-state index contributed by atoms with van der Waals surface area (Å²) in [6.07, 6.45) is 0.470. The molecule has 9 heavy (non-hydrogen) atoms. The highest BCUT2D eigenvalue weighted by Crippen LogP contribution is 1.87. The number of hydrogen-bond donors (Lipinski definition) is 0. The highest BCUT2D eigenvalue weighted by molar-refractivity contribution is 7.80. The van der Waals surface area contributed by atoms with Crippen molar-refractivity contribution in [2.75, 3.05) is 0 Å². The second-order valence-electron chi connectivity index (χ2n) is 1.32. The fourth-order valence-corrected chi connectivity index (χ4v) is 0.600. The molecule has 0 aromatic carbocycles. The van der Waals surface area contributed by atoms with Crippen molar-refractivity contribution in [2.45, 2.75) is 0 Å². The summed E-state index contributed by atoms with van der Waals surface area (Å²) in [7, 11) is 0. The third-order valence-corrected chi connectivity index (χ3v) is 1.26. The van der Waals surface area contributed by atoms with Crippen LogP contribution < -0.4 is 0 Å². The van der Waals surface area contributed by atoms with E-state index in [0.717, 1.165) is 10.7 Å². The number of Topliss-reactive ketones (excluding diaryl/α,β-unsaturated/α-hetero) is 1. The van der Waals surface area contributed by atoms with Crippen LogP contribution in [0.1, 0.15) is 0 Å². The molecule has 0 heterocycles. The number of carbonyl (C=O) groups is 2. The molecule has 0 aromatic heterocycles. The first kappa shape index (κ1) is 8.52. The van der Waals surface area contributed by atoms with E-state index in [-0.39, 0.29) is 0 Å². The van der Waals surface area contributed by atoms with E-state index < -0.39 is 11.7 Å². The van der Waals surface area contributed by atoms with E-state index in [1.807, 2.05) is 0 Å². The Hall–Kier alpha value is -0.480. The highest BCUT2D eigenvalue weighted by atomic mass is 32.1. The largest absolute Gasteiger partial charge is 0.302 e. The molecule has 0 N–H and O–H groups in total. The fraction of sp³-hybridized carbons (Fsp3) is 0.200. The molecule has 0 saturated heterocycles. The van der Waals surface area contributed by atoms with Gasteiger partial charge in [0, 0.05) is 5.37 Å². The fourth-order valence-electron chi connectivity index (χ4n) is 0.245. The van der Waals surface area contributed by atoms with Crippen molar-refractivity contribution >= 4 is 47.2 Å². The zero-order valence-electron chi connectivity index (χ0n) is 4.44. The topological polar surface area (TPSA) is 34.1 Å². The van der Waals surface area contributed by atoms with Crippen LogP contribution in [0, 0.1) is 5.92 Å². The van der Waals surface area contributed by atoms with E-state index in [1.54, 1.807) is 0 Å². The number of rotatable bonds is 4. The molecule has 0 rings (SSSR count). The van der Waals surface area contributed by atoms with Crippen LogP contribution in [-0.2, 0) is 9.59 Å². The van der Waals surface area contributed by atoms with Crippen LogP contribution >= 0.6 is 24.4 Å². The molecule has 1 atom stereocenters. The lowest BCUT2D eigenvalue weighted by atomic mass is 10.1. The first-order chi connectivity index (χ1) is 4.26. The van der Waals surface area contributed by atoms with Crippen molar-refractivity contribution in [1.82, 2.24) is 0 Å². The number of aldehydes is 1. The van der Waals surface area contributed by atoms with Gasteiger partial charge in [0.2, 0.25) is 0 Å².